The number of halogens is 1. The molecule has 0 aliphatic carbocycles. The number of benzene rings is 1. The van der Waals surface area contributed by atoms with Crippen LogP contribution in [0.5, 0.6) is 0 Å². The molecule has 108 valence electrons. The summed E-state index contributed by atoms with van der Waals surface area (Å²) in [6, 6.07) is 3.79. The first-order valence-corrected chi connectivity index (χ1v) is 6.79. The summed E-state index contributed by atoms with van der Waals surface area (Å²) >= 11 is 5.82. The monoisotopic (exact) mass is 297 g/mol. The van der Waals surface area contributed by atoms with Crippen molar-refractivity contribution in [2.24, 2.45) is 0 Å². The predicted molar refractivity (Wildman–Crippen MR) is 76.0 cm³/mol. The van der Waals surface area contributed by atoms with Crippen LogP contribution in [0.3, 0.4) is 0 Å². The third-order valence-electron chi connectivity index (χ3n) is 3.08. The molecule has 0 atom stereocenters. The van der Waals surface area contributed by atoms with Gasteiger partial charge in [-0.25, -0.2) is 14.6 Å². The molecule has 3 N–H and O–H groups in total. The zero-order valence-electron chi connectivity index (χ0n) is 10.9. The van der Waals surface area contributed by atoms with Crippen molar-refractivity contribution in [1.82, 2.24) is 10.4 Å². The van der Waals surface area contributed by atoms with E-state index in [4.69, 9.17) is 16.7 Å². The lowest BCUT2D eigenvalue weighted by atomic mass is 10.2. The molecule has 1 aliphatic heterocycles. The molecule has 7 heteroatoms. The maximum atomic E-state index is 11.9. The fourth-order valence-corrected chi connectivity index (χ4v) is 2.28. The molecule has 1 fully saturated rings. The van der Waals surface area contributed by atoms with Gasteiger partial charge in [0.2, 0.25) is 0 Å². The Labute approximate surface area is 121 Å². The Morgan fingerprint density at radius 1 is 1.20 bits per heavy atom. The number of aromatic carboxylic acids is 1. The van der Waals surface area contributed by atoms with Crippen LogP contribution in [0.15, 0.2) is 18.2 Å². The number of rotatable bonds is 3. The molecule has 20 heavy (non-hydrogen) atoms. The highest BCUT2D eigenvalue weighted by atomic mass is 35.5. The van der Waals surface area contributed by atoms with Gasteiger partial charge >= 0.3 is 12.0 Å². The van der Waals surface area contributed by atoms with Crippen LogP contribution in [0.25, 0.3) is 0 Å². The number of anilines is 1. The number of carboxylic acid groups (broad SMARTS) is 1. The first-order chi connectivity index (χ1) is 9.56. The van der Waals surface area contributed by atoms with Crippen molar-refractivity contribution in [2.45, 2.75) is 19.3 Å². The van der Waals surface area contributed by atoms with E-state index in [1.54, 1.807) is 0 Å². The minimum absolute atomic E-state index is 0.00296. The quantitative estimate of drug-likeness (QED) is 0.801. The SMILES string of the molecule is O=C(Nc1cc(Cl)ccc1C(=O)O)NN1CCCCC1. The number of carboxylic acids is 1. The van der Waals surface area contributed by atoms with E-state index in [1.165, 1.54) is 18.2 Å². The number of nitrogens with zero attached hydrogens (tertiary/aromatic N) is 1. The largest absolute Gasteiger partial charge is 0.478 e. The lowest BCUT2D eigenvalue weighted by Crippen LogP contribution is -2.46. The Kier molecular flexibility index (Phi) is 4.81. The van der Waals surface area contributed by atoms with E-state index in [1.807, 2.05) is 5.01 Å². The molecular weight excluding hydrogens is 282 g/mol. The molecule has 1 heterocycles. The Hall–Kier alpha value is -1.79. The highest BCUT2D eigenvalue weighted by Crippen LogP contribution is 2.21. The number of nitrogens with one attached hydrogen (secondary N) is 2. The van der Waals surface area contributed by atoms with E-state index in [0.29, 0.717) is 5.02 Å². The van der Waals surface area contributed by atoms with Gasteiger partial charge in [0.1, 0.15) is 0 Å². The van der Waals surface area contributed by atoms with E-state index < -0.39 is 12.0 Å². The third-order valence-corrected chi connectivity index (χ3v) is 3.31. The molecular formula is C13H16ClN3O3. The van der Waals surface area contributed by atoms with Gasteiger partial charge in [0.25, 0.3) is 0 Å². The van der Waals surface area contributed by atoms with Crippen molar-refractivity contribution < 1.29 is 14.7 Å². The second-order valence-corrected chi connectivity index (χ2v) is 5.05. The Bertz CT molecular complexity index is 516. The summed E-state index contributed by atoms with van der Waals surface area (Å²) in [6.45, 7) is 1.60. The van der Waals surface area contributed by atoms with Crippen LogP contribution in [-0.4, -0.2) is 35.2 Å². The summed E-state index contributed by atoms with van der Waals surface area (Å²) in [5.41, 5.74) is 2.88. The molecule has 1 aromatic carbocycles. The summed E-state index contributed by atoms with van der Waals surface area (Å²) < 4.78 is 0. The Balaban J connectivity index is 2.03. The number of hydrogen-bond acceptors (Lipinski definition) is 3. The van der Waals surface area contributed by atoms with E-state index in [2.05, 4.69) is 10.7 Å². The van der Waals surface area contributed by atoms with Gasteiger partial charge in [-0.2, -0.15) is 0 Å². The van der Waals surface area contributed by atoms with Gasteiger partial charge in [-0.1, -0.05) is 18.0 Å². The number of hydrogen-bond donors (Lipinski definition) is 3. The van der Waals surface area contributed by atoms with Crippen LogP contribution in [0.2, 0.25) is 5.02 Å². The number of amides is 2. The first-order valence-electron chi connectivity index (χ1n) is 6.41. The number of carbonyl (C=O) groups is 2. The van der Waals surface area contributed by atoms with Crippen molar-refractivity contribution >= 4 is 29.3 Å². The van der Waals surface area contributed by atoms with Crippen molar-refractivity contribution in [3.63, 3.8) is 0 Å². The van der Waals surface area contributed by atoms with E-state index >= 15 is 0 Å². The van der Waals surface area contributed by atoms with Gasteiger partial charge in [0.05, 0.1) is 11.3 Å². The fraction of sp³-hybridized carbons (Fsp3) is 0.385. The highest BCUT2D eigenvalue weighted by molar-refractivity contribution is 6.31. The minimum atomic E-state index is -1.12. The molecule has 1 aliphatic rings. The molecule has 0 unspecified atom stereocenters. The van der Waals surface area contributed by atoms with Crippen LogP contribution in [-0.2, 0) is 0 Å². The molecule has 0 spiro atoms. The van der Waals surface area contributed by atoms with Gasteiger partial charge in [0.15, 0.2) is 0 Å². The first kappa shape index (κ1) is 14.6. The van der Waals surface area contributed by atoms with Crippen molar-refractivity contribution in [2.75, 3.05) is 18.4 Å². The van der Waals surface area contributed by atoms with E-state index in [-0.39, 0.29) is 11.3 Å². The summed E-state index contributed by atoms with van der Waals surface area (Å²) in [7, 11) is 0. The van der Waals surface area contributed by atoms with Crippen LogP contribution < -0.4 is 10.7 Å². The summed E-state index contributed by atoms with van der Waals surface area (Å²) in [5.74, 6) is -1.12. The number of hydrazine groups is 1. The van der Waals surface area contributed by atoms with Gasteiger partial charge in [-0.3, -0.25) is 5.43 Å². The van der Waals surface area contributed by atoms with E-state index in [9.17, 15) is 9.59 Å². The average Bonchev–Trinajstić information content (AvgIpc) is 2.39. The summed E-state index contributed by atoms with van der Waals surface area (Å²) in [5, 5.41) is 13.8. The molecule has 0 radical (unpaired) electrons. The minimum Gasteiger partial charge on any atom is -0.478 e. The molecule has 0 bridgehead atoms. The van der Waals surface area contributed by atoms with Gasteiger partial charge in [-0.15, -0.1) is 0 Å². The molecule has 1 aromatic rings. The normalized spacial score (nSPS) is 15.7. The second-order valence-electron chi connectivity index (χ2n) is 4.61. The van der Waals surface area contributed by atoms with E-state index in [0.717, 1.165) is 32.4 Å². The molecule has 0 saturated carbocycles. The zero-order chi connectivity index (χ0) is 14.5. The molecule has 0 aromatic heterocycles. The standard InChI is InChI=1S/C13H16ClN3O3/c14-9-4-5-10(12(18)19)11(8-9)15-13(20)16-17-6-2-1-3-7-17/h4-5,8H,1-3,6-7H2,(H,18,19)(H2,15,16,20). The lowest BCUT2D eigenvalue weighted by molar-refractivity contribution is 0.0698. The number of piperidine rings is 1. The number of carbonyl (C=O) groups excluding carboxylic acids is 1. The fourth-order valence-electron chi connectivity index (χ4n) is 2.11. The summed E-state index contributed by atoms with van der Waals surface area (Å²) in [6.07, 6.45) is 3.24. The topological polar surface area (TPSA) is 81.7 Å². The smallest absolute Gasteiger partial charge is 0.337 e. The van der Waals surface area contributed by atoms with Crippen LogP contribution >= 0.6 is 11.6 Å². The maximum absolute atomic E-state index is 11.9. The van der Waals surface area contributed by atoms with Crippen molar-refractivity contribution in [3.05, 3.63) is 28.8 Å². The maximum Gasteiger partial charge on any atom is 0.337 e. The molecule has 2 rings (SSSR count). The number of urea groups is 1. The van der Waals surface area contributed by atoms with Crippen molar-refractivity contribution in [3.8, 4) is 0 Å². The third kappa shape index (κ3) is 3.85. The lowest BCUT2D eigenvalue weighted by Gasteiger charge is -2.26. The molecule has 6 nitrogen and oxygen atoms in total. The molecule has 1 saturated heterocycles. The van der Waals surface area contributed by atoms with Crippen molar-refractivity contribution in [1.29, 1.82) is 0 Å². The predicted octanol–water partition coefficient (Wildman–Crippen LogP) is 2.56. The summed E-state index contributed by atoms with van der Waals surface area (Å²) in [4.78, 5) is 22.9. The van der Waals surface area contributed by atoms with Gasteiger partial charge in [0, 0.05) is 18.1 Å². The highest BCUT2D eigenvalue weighted by Gasteiger charge is 2.16. The van der Waals surface area contributed by atoms with Crippen LogP contribution in [0.4, 0.5) is 10.5 Å². The molecule has 2 amide bonds. The van der Waals surface area contributed by atoms with Gasteiger partial charge < -0.3 is 10.4 Å². The van der Waals surface area contributed by atoms with Crippen LogP contribution in [0, 0.1) is 0 Å². The Morgan fingerprint density at radius 2 is 1.90 bits per heavy atom. The Morgan fingerprint density at radius 3 is 2.55 bits per heavy atom. The van der Waals surface area contributed by atoms with Gasteiger partial charge in [-0.05, 0) is 31.0 Å². The second kappa shape index (κ2) is 6.58. The average molecular weight is 298 g/mol. The zero-order valence-corrected chi connectivity index (χ0v) is 11.6. The van der Waals surface area contributed by atoms with Crippen LogP contribution in [0.1, 0.15) is 29.6 Å².